The van der Waals surface area contributed by atoms with Crippen LogP contribution < -0.4 is 5.32 Å². The average molecular weight is 362 g/mol. The topological polar surface area (TPSA) is 93.5 Å². The minimum Gasteiger partial charge on any atom is -0.336 e. The molecule has 0 aromatic heterocycles. The van der Waals surface area contributed by atoms with Gasteiger partial charge in [0.1, 0.15) is 0 Å². The van der Waals surface area contributed by atoms with Gasteiger partial charge in [0.15, 0.2) is 0 Å². The zero-order valence-electron chi connectivity index (χ0n) is 14.0. The fourth-order valence-corrected chi connectivity index (χ4v) is 5.06. The van der Waals surface area contributed by atoms with Gasteiger partial charge in [-0.05, 0) is 30.5 Å². The van der Waals surface area contributed by atoms with Crippen LogP contribution in [-0.2, 0) is 20.6 Å². The molecule has 2 saturated heterocycles. The first-order valence-corrected chi connectivity index (χ1v) is 10.1. The quantitative estimate of drug-likeness (QED) is 0.831. The fraction of sp³-hybridized carbons (Fsp3) is 0.529. The lowest BCUT2D eigenvalue weighted by molar-refractivity contribution is -0.135. The SMILES string of the molecule is N#Cc1cccc(CS(=O)(=O)N2CCCC(N3CCNCC3=O)C2)c1. The molecule has 3 rings (SSSR count). The molecule has 0 radical (unpaired) electrons. The average Bonchev–Trinajstić information content (AvgIpc) is 2.62. The lowest BCUT2D eigenvalue weighted by Crippen LogP contribution is -2.57. The van der Waals surface area contributed by atoms with E-state index in [1.165, 1.54) is 4.31 Å². The predicted molar refractivity (Wildman–Crippen MR) is 93.0 cm³/mol. The van der Waals surface area contributed by atoms with Gasteiger partial charge in [-0.3, -0.25) is 4.79 Å². The van der Waals surface area contributed by atoms with Crippen LogP contribution in [0.4, 0.5) is 0 Å². The van der Waals surface area contributed by atoms with Crippen LogP contribution in [-0.4, -0.2) is 62.3 Å². The standard InChI is InChI=1S/C17H22N4O3S/c18-10-14-3-1-4-15(9-14)13-25(23,24)20-7-2-5-16(12-20)21-8-6-19-11-17(21)22/h1,3-4,9,16,19H,2,5-8,11-13H2. The van der Waals surface area contributed by atoms with Gasteiger partial charge >= 0.3 is 0 Å². The highest BCUT2D eigenvalue weighted by atomic mass is 32.2. The van der Waals surface area contributed by atoms with Crippen molar-refractivity contribution in [3.8, 4) is 6.07 Å². The molecular weight excluding hydrogens is 340 g/mol. The molecule has 0 bridgehead atoms. The van der Waals surface area contributed by atoms with Crippen LogP contribution in [0, 0.1) is 11.3 Å². The first-order valence-electron chi connectivity index (χ1n) is 8.46. The van der Waals surface area contributed by atoms with Gasteiger partial charge in [0, 0.05) is 32.2 Å². The zero-order chi connectivity index (χ0) is 17.9. The van der Waals surface area contributed by atoms with Crippen molar-refractivity contribution in [2.45, 2.75) is 24.6 Å². The van der Waals surface area contributed by atoms with Crippen molar-refractivity contribution in [2.24, 2.45) is 0 Å². The monoisotopic (exact) mass is 362 g/mol. The molecule has 1 unspecified atom stereocenters. The maximum Gasteiger partial charge on any atom is 0.236 e. The van der Waals surface area contributed by atoms with Crippen molar-refractivity contribution in [1.29, 1.82) is 5.26 Å². The maximum atomic E-state index is 12.8. The van der Waals surface area contributed by atoms with Crippen molar-refractivity contribution in [2.75, 3.05) is 32.7 Å². The number of piperazine rings is 1. The Balaban J connectivity index is 1.71. The Kier molecular flexibility index (Phi) is 5.37. The molecule has 8 heteroatoms. The highest BCUT2D eigenvalue weighted by Gasteiger charge is 2.34. The van der Waals surface area contributed by atoms with Crippen molar-refractivity contribution >= 4 is 15.9 Å². The van der Waals surface area contributed by atoms with Gasteiger partial charge in [-0.1, -0.05) is 12.1 Å². The summed E-state index contributed by atoms with van der Waals surface area (Å²) in [6.07, 6.45) is 1.58. The molecule has 1 aromatic carbocycles. The summed E-state index contributed by atoms with van der Waals surface area (Å²) in [5.41, 5.74) is 1.06. The number of piperidine rings is 1. The van der Waals surface area contributed by atoms with E-state index >= 15 is 0 Å². The molecule has 134 valence electrons. The first kappa shape index (κ1) is 17.9. The second-order valence-electron chi connectivity index (χ2n) is 6.49. The number of amides is 1. The van der Waals surface area contributed by atoms with Gasteiger partial charge in [0.05, 0.1) is 23.9 Å². The van der Waals surface area contributed by atoms with E-state index in [2.05, 4.69) is 5.32 Å². The zero-order valence-corrected chi connectivity index (χ0v) is 14.8. The largest absolute Gasteiger partial charge is 0.336 e. The van der Waals surface area contributed by atoms with Gasteiger partial charge in [0.25, 0.3) is 0 Å². The van der Waals surface area contributed by atoms with E-state index in [1.807, 2.05) is 11.0 Å². The van der Waals surface area contributed by atoms with Crippen LogP contribution >= 0.6 is 0 Å². The summed E-state index contributed by atoms with van der Waals surface area (Å²) >= 11 is 0. The molecule has 2 heterocycles. The number of sulfonamides is 1. The molecule has 2 fully saturated rings. The maximum absolute atomic E-state index is 12.8. The van der Waals surface area contributed by atoms with Crippen LogP contribution in [0.5, 0.6) is 0 Å². The van der Waals surface area contributed by atoms with E-state index in [0.29, 0.717) is 37.3 Å². The molecule has 2 aliphatic rings. The Morgan fingerprint density at radius 3 is 2.92 bits per heavy atom. The van der Waals surface area contributed by atoms with Crippen LogP contribution in [0.25, 0.3) is 0 Å². The molecule has 0 saturated carbocycles. The Hall–Kier alpha value is -1.95. The number of rotatable bonds is 4. The van der Waals surface area contributed by atoms with Crippen molar-refractivity contribution in [3.05, 3.63) is 35.4 Å². The molecule has 25 heavy (non-hydrogen) atoms. The number of hydrogen-bond donors (Lipinski definition) is 1. The van der Waals surface area contributed by atoms with Gasteiger partial charge in [-0.2, -0.15) is 9.57 Å². The lowest BCUT2D eigenvalue weighted by atomic mass is 10.1. The molecule has 1 aromatic rings. The van der Waals surface area contributed by atoms with Crippen molar-refractivity contribution in [3.63, 3.8) is 0 Å². The van der Waals surface area contributed by atoms with Gasteiger partial charge in [-0.15, -0.1) is 0 Å². The Morgan fingerprint density at radius 2 is 2.16 bits per heavy atom. The molecule has 0 spiro atoms. The van der Waals surface area contributed by atoms with E-state index < -0.39 is 10.0 Å². The third-order valence-electron chi connectivity index (χ3n) is 4.72. The number of nitrogens with zero attached hydrogens (tertiary/aromatic N) is 3. The predicted octanol–water partition coefficient (Wildman–Crippen LogP) is 0.284. The third-order valence-corrected chi connectivity index (χ3v) is 6.54. The second kappa shape index (κ2) is 7.52. The van der Waals surface area contributed by atoms with E-state index in [-0.39, 0.29) is 17.7 Å². The summed E-state index contributed by atoms with van der Waals surface area (Å²) in [7, 11) is -3.48. The highest BCUT2D eigenvalue weighted by molar-refractivity contribution is 7.88. The summed E-state index contributed by atoms with van der Waals surface area (Å²) < 4.78 is 27.1. The van der Waals surface area contributed by atoms with E-state index in [9.17, 15) is 13.2 Å². The Labute approximate surface area is 148 Å². The van der Waals surface area contributed by atoms with Crippen LogP contribution in [0.2, 0.25) is 0 Å². The summed E-state index contributed by atoms with van der Waals surface area (Å²) in [5, 5.41) is 12.0. The lowest BCUT2D eigenvalue weighted by Gasteiger charge is -2.40. The van der Waals surface area contributed by atoms with E-state index in [1.54, 1.807) is 24.3 Å². The number of carbonyl (C=O) groups is 1. The van der Waals surface area contributed by atoms with Crippen LogP contribution in [0.3, 0.4) is 0 Å². The number of nitriles is 1. The van der Waals surface area contributed by atoms with Gasteiger partial charge in [-0.25, -0.2) is 8.42 Å². The molecule has 7 nitrogen and oxygen atoms in total. The molecule has 1 N–H and O–H groups in total. The summed E-state index contributed by atoms with van der Waals surface area (Å²) in [5.74, 6) is -0.0812. The summed E-state index contributed by atoms with van der Waals surface area (Å²) in [6.45, 7) is 2.53. The normalized spacial score (nSPS) is 22.6. The number of hydrogen-bond acceptors (Lipinski definition) is 5. The molecule has 0 aliphatic carbocycles. The highest BCUT2D eigenvalue weighted by Crippen LogP contribution is 2.21. The minimum absolute atomic E-state index is 0.0391. The Morgan fingerprint density at radius 1 is 1.32 bits per heavy atom. The number of benzene rings is 1. The summed E-state index contributed by atoms with van der Waals surface area (Å²) in [6, 6.07) is 8.66. The number of nitrogens with one attached hydrogen (secondary N) is 1. The molecular formula is C17H22N4O3S. The Bertz CT molecular complexity index is 787. The van der Waals surface area contributed by atoms with E-state index in [0.717, 1.165) is 19.4 Å². The van der Waals surface area contributed by atoms with Gasteiger partial charge in [0.2, 0.25) is 15.9 Å². The number of carbonyl (C=O) groups excluding carboxylic acids is 1. The van der Waals surface area contributed by atoms with Gasteiger partial charge < -0.3 is 10.2 Å². The van der Waals surface area contributed by atoms with Crippen LogP contribution in [0.1, 0.15) is 24.0 Å². The van der Waals surface area contributed by atoms with Crippen molar-refractivity contribution in [1.82, 2.24) is 14.5 Å². The molecule has 1 atom stereocenters. The fourth-order valence-electron chi connectivity index (χ4n) is 3.47. The minimum atomic E-state index is -3.48. The molecule has 2 aliphatic heterocycles. The molecule has 1 amide bonds. The summed E-state index contributed by atoms with van der Waals surface area (Å²) in [4.78, 5) is 13.9. The smallest absolute Gasteiger partial charge is 0.236 e. The third kappa shape index (κ3) is 4.18. The van der Waals surface area contributed by atoms with Crippen molar-refractivity contribution < 1.29 is 13.2 Å². The first-order chi connectivity index (χ1) is 12.0. The van der Waals surface area contributed by atoms with Crippen LogP contribution in [0.15, 0.2) is 24.3 Å². The second-order valence-corrected chi connectivity index (χ2v) is 8.46. The van der Waals surface area contributed by atoms with E-state index in [4.69, 9.17) is 5.26 Å².